The van der Waals surface area contributed by atoms with Crippen molar-refractivity contribution in [3.63, 3.8) is 0 Å². The highest BCUT2D eigenvalue weighted by Gasteiger charge is 2.20. The Bertz CT molecular complexity index is 945. The van der Waals surface area contributed by atoms with E-state index in [0.717, 1.165) is 17.9 Å². The first kappa shape index (κ1) is 11.8. The van der Waals surface area contributed by atoms with Gasteiger partial charge in [-0.1, -0.05) is 66.7 Å². The van der Waals surface area contributed by atoms with Crippen LogP contribution in [0.2, 0.25) is 0 Å². The van der Waals surface area contributed by atoms with E-state index in [9.17, 15) is 0 Å². The van der Waals surface area contributed by atoms with Crippen LogP contribution >= 0.6 is 0 Å². The second-order valence-corrected chi connectivity index (χ2v) is 5.82. The molecule has 104 valence electrons. The molecule has 1 aliphatic heterocycles. The predicted molar refractivity (Wildman–Crippen MR) is 90.8 cm³/mol. The number of rotatable bonds is 0. The Balaban J connectivity index is 1.78. The number of benzene rings is 4. The van der Waals surface area contributed by atoms with E-state index in [1.165, 1.54) is 32.7 Å². The summed E-state index contributed by atoms with van der Waals surface area (Å²) in [5, 5.41) is 4.98. The largest absolute Gasteiger partial charge is 0.456 e. The van der Waals surface area contributed by atoms with Gasteiger partial charge in [-0.3, -0.25) is 0 Å². The van der Waals surface area contributed by atoms with Gasteiger partial charge in [0.05, 0.1) is 0 Å². The standard InChI is InChI=1S/C21H14O/c1-3-7-17-14(5-1)11-12-20-19(17)13-16-10-9-15-6-2-4-8-18(15)21(16)22-20/h1-12H,13H2. The average molecular weight is 282 g/mol. The lowest BCUT2D eigenvalue weighted by Gasteiger charge is -2.23. The lowest BCUT2D eigenvalue weighted by molar-refractivity contribution is 0.467. The van der Waals surface area contributed by atoms with E-state index in [-0.39, 0.29) is 0 Å². The smallest absolute Gasteiger partial charge is 0.138 e. The van der Waals surface area contributed by atoms with Crippen molar-refractivity contribution in [3.8, 4) is 11.5 Å². The summed E-state index contributed by atoms with van der Waals surface area (Å²) in [4.78, 5) is 0. The van der Waals surface area contributed by atoms with Crippen molar-refractivity contribution in [1.29, 1.82) is 0 Å². The van der Waals surface area contributed by atoms with Crippen molar-refractivity contribution < 1.29 is 4.74 Å². The fourth-order valence-corrected chi connectivity index (χ4v) is 3.44. The fourth-order valence-electron chi connectivity index (χ4n) is 3.44. The Labute approximate surface area is 128 Å². The highest BCUT2D eigenvalue weighted by molar-refractivity contribution is 5.93. The molecule has 0 fully saturated rings. The topological polar surface area (TPSA) is 9.23 Å². The first-order valence-corrected chi connectivity index (χ1v) is 7.59. The van der Waals surface area contributed by atoms with Gasteiger partial charge in [-0.05, 0) is 27.8 Å². The van der Waals surface area contributed by atoms with Crippen LogP contribution in [0, 0.1) is 0 Å². The van der Waals surface area contributed by atoms with E-state index in [2.05, 4.69) is 72.8 Å². The van der Waals surface area contributed by atoms with E-state index in [0.29, 0.717) is 0 Å². The van der Waals surface area contributed by atoms with Crippen LogP contribution in [-0.2, 0) is 6.42 Å². The molecule has 0 saturated heterocycles. The maximum atomic E-state index is 6.30. The second-order valence-electron chi connectivity index (χ2n) is 5.82. The molecule has 0 radical (unpaired) electrons. The quantitative estimate of drug-likeness (QED) is 0.354. The summed E-state index contributed by atoms with van der Waals surface area (Å²) in [7, 11) is 0. The number of hydrogen-bond donors (Lipinski definition) is 0. The zero-order valence-electron chi connectivity index (χ0n) is 12.0. The molecular weight excluding hydrogens is 268 g/mol. The Hall–Kier alpha value is -2.80. The van der Waals surface area contributed by atoms with Crippen LogP contribution in [0.1, 0.15) is 11.1 Å². The Morgan fingerprint density at radius 2 is 1.32 bits per heavy atom. The van der Waals surface area contributed by atoms with Crippen LogP contribution in [0.4, 0.5) is 0 Å². The molecule has 5 rings (SSSR count). The molecule has 0 atom stereocenters. The monoisotopic (exact) mass is 282 g/mol. The number of ether oxygens (including phenoxy) is 1. The molecular formula is C21H14O. The van der Waals surface area contributed by atoms with Crippen LogP contribution < -0.4 is 4.74 Å². The molecule has 0 N–H and O–H groups in total. The van der Waals surface area contributed by atoms with E-state index in [1.807, 2.05) is 0 Å². The molecule has 0 aromatic heterocycles. The third kappa shape index (κ3) is 1.59. The van der Waals surface area contributed by atoms with Crippen molar-refractivity contribution in [2.45, 2.75) is 6.42 Å². The van der Waals surface area contributed by atoms with Gasteiger partial charge in [0.2, 0.25) is 0 Å². The minimum absolute atomic E-state index is 0.927. The molecule has 1 aliphatic rings. The molecule has 0 amide bonds. The van der Waals surface area contributed by atoms with E-state index in [4.69, 9.17) is 4.74 Å². The van der Waals surface area contributed by atoms with E-state index < -0.39 is 0 Å². The summed E-state index contributed by atoms with van der Waals surface area (Å²) < 4.78 is 6.30. The predicted octanol–water partition coefficient (Wildman–Crippen LogP) is 5.69. The maximum absolute atomic E-state index is 6.30. The Kier molecular flexibility index (Phi) is 2.33. The van der Waals surface area contributed by atoms with Crippen LogP contribution in [-0.4, -0.2) is 0 Å². The highest BCUT2D eigenvalue weighted by atomic mass is 16.5. The van der Waals surface area contributed by atoms with Crippen molar-refractivity contribution in [3.05, 3.63) is 83.9 Å². The van der Waals surface area contributed by atoms with Crippen molar-refractivity contribution >= 4 is 21.5 Å². The van der Waals surface area contributed by atoms with Gasteiger partial charge in [-0.15, -0.1) is 0 Å². The summed E-state index contributed by atoms with van der Waals surface area (Å²) >= 11 is 0. The first-order chi connectivity index (χ1) is 10.9. The zero-order chi connectivity index (χ0) is 14.5. The number of hydrogen-bond acceptors (Lipinski definition) is 1. The van der Waals surface area contributed by atoms with Crippen LogP contribution in [0.5, 0.6) is 11.5 Å². The van der Waals surface area contributed by atoms with Gasteiger partial charge in [0, 0.05) is 17.4 Å². The summed E-state index contributed by atoms with van der Waals surface area (Å²) in [6.45, 7) is 0. The maximum Gasteiger partial charge on any atom is 0.138 e. The first-order valence-electron chi connectivity index (χ1n) is 7.59. The third-order valence-electron chi connectivity index (χ3n) is 4.54. The van der Waals surface area contributed by atoms with E-state index in [1.54, 1.807) is 0 Å². The molecule has 4 aromatic carbocycles. The summed E-state index contributed by atoms with van der Waals surface area (Å²) in [6.07, 6.45) is 0.927. The Morgan fingerprint density at radius 1 is 0.636 bits per heavy atom. The summed E-state index contributed by atoms with van der Waals surface area (Å²) in [5.41, 5.74) is 2.56. The second kappa shape index (κ2) is 4.35. The van der Waals surface area contributed by atoms with Gasteiger partial charge in [-0.25, -0.2) is 0 Å². The molecule has 1 nitrogen and oxygen atoms in total. The lowest BCUT2D eigenvalue weighted by Crippen LogP contribution is -2.04. The Morgan fingerprint density at radius 3 is 2.18 bits per heavy atom. The van der Waals surface area contributed by atoms with Gasteiger partial charge in [0.25, 0.3) is 0 Å². The van der Waals surface area contributed by atoms with Gasteiger partial charge in [0.1, 0.15) is 11.5 Å². The molecule has 4 aromatic rings. The van der Waals surface area contributed by atoms with Crippen molar-refractivity contribution in [2.75, 3.05) is 0 Å². The molecule has 1 heteroatoms. The van der Waals surface area contributed by atoms with Crippen molar-refractivity contribution in [1.82, 2.24) is 0 Å². The van der Waals surface area contributed by atoms with Gasteiger partial charge >= 0.3 is 0 Å². The molecule has 0 aliphatic carbocycles. The molecule has 22 heavy (non-hydrogen) atoms. The summed E-state index contributed by atoms with van der Waals surface area (Å²) in [6, 6.07) is 25.6. The normalized spacial score (nSPS) is 12.7. The third-order valence-corrected chi connectivity index (χ3v) is 4.54. The van der Waals surface area contributed by atoms with Crippen LogP contribution in [0.25, 0.3) is 21.5 Å². The van der Waals surface area contributed by atoms with E-state index >= 15 is 0 Å². The minimum atomic E-state index is 0.927. The van der Waals surface area contributed by atoms with Gasteiger partial charge in [0.15, 0.2) is 0 Å². The fraction of sp³-hybridized carbons (Fsp3) is 0.0476. The SMILES string of the molecule is c1ccc2c3c(ccc2c1)Oc1c(ccc2ccccc12)C3. The minimum Gasteiger partial charge on any atom is -0.456 e. The van der Waals surface area contributed by atoms with Crippen LogP contribution in [0.15, 0.2) is 72.8 Å². The van der Waals surface area contributed by atoms with Crippen LogP contribution in [0.3, 0.4) is 0 Å². The van der Waals surface area contributed by atoms with Gasteiger partial charge in [-0.2, -0.15) is 0 Å². The van der Waals surface area contributed by atoms with Crippen molar-refractivity contribution in [2.24, 2.45) is 0 Å². The lowest BCUT2D eigenvalue weighted by atomic mass is 9.93. The zero-order valence-corrected chi connectivity index (χ0v) is 12.0. The molecule has 0 unspecified atom stereocenters. The molecule has 0 spiro atoms. The average Bonchev–Trinajstić information content (AvgIpc) is 2.60. The summed E-state index contributed by atoms with van der Waals surface area (Å²) in [5.74, 6) is 2.00. The molecule has 1 heterocycles. The highest BCUT2D eigenvalue weighted by Crippen LogP contribution is 2.43. The number of fused-ring (bicyclic) bond motifs is 6. The van der Waals surface area contributed by atoms with Gasteiger partial charge < -0.3 is 4.74 Å². The molecule has 0 saturated carbocycles. The molecule has 0 bridgehead atoms.